The second kappa shape index (κ2) is 7.14. The van der Waals surface area contributed by atoms with Crippen molar-refractivity contribution in [2.24, 2.45) is 0 Å². The maximum absolute atomic E-state index is 12.1. The summed E-state index contributed by atoms with van der Waals surface area (Å²) >= 11 is 0. The van der Waals surface area contributed by atoms with Crippen molar-refractivity contribution < 1.29 is 9.59 Å². The maximum atomic E-state index is 12.1. The van der Waals surface area contributed by atoms with E-state index in [1.54, 1.807) is 0 Å². The normalized spacial score (nSPS) is 18.2. The molecule has 0 unspecified atom stereocenters. The fourth-order valence-corrected chi connectivity index (χ4v) is 7.67. The largest absolute Gasteiger partial charge is 0.424 e. The van der Waals surface area contributed by atoms with E-state index in [1.165, 1.54) is 0 Å². The summed E-state index contributed by atoms with van der Waals surface area (Å²) < 4.78 is 0. The van der Waals surface area contributed by atoms with Gasteiger partial charge in [0.1, 0.15) is 0 Å². The molecular formula is C21H27NO2Si. The summed E-state index contributed by atoms with van der Waals surface area (Å²) in [6, 6.07) is 20.5. The zero-order valence-electron chi connectivity index (χ0n) is 15.0. The van der Waals surface area contributed by atoms with E-state index >= 15 is 0 Å². The highest BCUT2D eigenvalue weighted by atomic mass is 28.4. The van der Waals surface area contributed by atoms with Crippen LogP contribution in [0.1, 0.15) is 39.5 Å². The highest BCUT2D eigenvalue weighted by Gasteiger charge is 2.49. The molecule has 0 radical (unpaired) electrons. The van der Waals surface area contributed by atoms with Crippen LogP contribution >= 0.6 is 0 Å². The predicted octanol–water partition coefficient (Wildman–Crippen LogP) is 2.58. The van der Waals surface area contributed by atoms with Gasteiger partial charge in [0.2, 0.25) is 5.91 Å². The molecule has 2 aromatic carbocycles. The number of hydrogen-bond acceptors (Lipinski definition) is 2. The monoisotopic (exact) mass is 353 g/mol. The Morgan fingerprint density at radius 2 is 1.56 bits per heavy atom. The number of carbonyl (C=O) groups excluding carboxylic acids is 1. The van der Waals surface area contributed by atoms with Crippen molar-refractivity contribution in [2.45, 2.75) is 50.6 Å². The SMILES string of the molecule is CC(C)(CC[C@@H]1CCC(=O)N1)[Si](O)(c1ccccc1)c1ccccc1. The number of amides is 1. The van der Waals surface area contributed by atoms with Crippen LogP contribution in [0.25, 0.3) is 0 Å². The molecule has 1 aliphatic heterocycles. The molecule has 1 atom stereocenters. The molecule has 0 bridgehead atoms. The maximum Gasteiger partial charge on any atom is 0.258 e. The van der Waals surface area contributed by atoms with Crippen LogP contribution in [0.3, 0.4) is 0 Å². The predicted molar refractivity (Wildman–Crippen MR) is 105 cm³/mol. The van der Waals surface area contributed by atoms with Crippen molar-refractivity contribution in [1.82, 2.24) is 5.32 Å². The van der Waals surface area contributed by atoms with E-state index < -0.39 is 8.32 Å². The molecule has 1 saturated heterocycles. The third-order valence-corrected chi connectivity index (χ3v) is 10.1. The first-order valence-corrected chi connectivity index (χ1v) is 11.0. The minimum atomic E-state index is -2.93. The minimum Gasteiger partial charge on any atom is -0.424 e. The van der Waals surface area contributed by atoms with E-state index in [4.69, 9.17) is 0 Å². The zero-order valence-corrected chi connectivity index (χ0v) is 16.0. The minimum absolute atomic E-state index is 0.154. The molecule has 1 aliphatic rings. The number of rotatable bonds is 6. The van der Waals surface area contributed by atoms with Crippen molar-refractivity contribution in [1.29, 1.82) is 0 Å². The van der Waals surface area contributed by atoms with Gasteiger partial charge in [-0.3, -0.25) is 4.79 Å². The van der Waals surface area contributed by atoms with E-state index in [0.717, 1.165) is 29.6 Å². The van der Waals surface area contributed by atoms with Crippen molar-refractivity contribution >= 4 is 24.6 Å². The molecule has 2 aromatic rings. The lowest BCUT2D eigenvalue weighted by molar-refractivity contribution is -0.119. The van der Waals surface area contributed by atoms with Crippen LogP contribution in [0.2, 0.25) is 5.04 Å². The fourth-order valence-electron chi connectivity index (χ4n) is 3.92. The third-order valence-electron chi connectivity index (χ3n) is 5.57. The average molecular weight is 354 g/mol. The molecule has 0 aliphatic carbocycles. The number of nitrogens with one attached hydrogen (secondary N) is 1. The summed E-state index contributed by atoms with van der Waals surface area (Å²) in [5, 5.41) is 4.89. The zero-order chi connectivity index (χ0) is 17.9. The van der Waals surface area contributed by atoms with E-state index in [-0.39, 0.29) is 17.0 Å². The van der Waals surface area contributed by atoms with Gasteiger partial charge in [0.05, 0.1) is 0 Å². The molecule has 1 heterocycles. The quantitative estimate of drug-likeness (QED) is 0.784. The van der Waals surface area contributed by atoms with Crippen LogP contribution in [0.4, 0.5) is 0 Å². The van der Waals surface area contributed by atoms with Gasteiger partial charge in [-0.05, 0) is 34.7 Å². The Labute approximate surface area is 151 Å². The third kappa shape index (κ3) is 3.55. The Hall–Kier alpha value is -1.91. The van der Waals surface area contributed by atoms with Gasteiger partial charge in [0, 0.05) is 12.5 Å². The topological polar surface area (TPSA) is 49.3 Å². The Balaban J connectivity index is 1.92. The molecule has 132 valence electrons. The summed E-state index contributed by atoms with van der Waals surface area (Å²) in [5.41, 5.74) is 0. The van der Waals surface area contributed by atoms with E-state index in [2.05, 4.69) is 43.4 Å². The molecule has 25 heavy (non-hydrogen) atoms. The van der Waals surface area contributed by atoms with Crippen molar-refractivity contribution in [3.05, 3.63) is 60.7 Å². The molecule has 0 spiro atoms. The first kappa shape index (κ1) is 17.9. The number of carbonyl (C=O) groups is 1. The van der Waals surface area contributed by atoms with E-state index in [9.17, 15) is 9.59 Å². The number of hydrogen-bond donors (Lipinski definition) is 2. The fraction of sp³-hybridized carbons (Fsp3) is 0.381. The molecule has 0 saturated carbocycles. The molecule has 0 aromatic heterocycles. The van der Waals surface area contributed by atoms with Gasteiger partial charge in [0.25, 0.3) is 8.32 Å². The van der Waals surface area contributed by atoms with Gasteiger partial charge in [0.15, 0.2) is 0 Å². The van der Waals surface area contributed by atoms with Gasteiger partial charge in [-0.25, -0.2) is 0 Å². The van der Waals surface area contributed by atoms with Crippen molar-refractivity contribution in [3.8, 4) is 0 Å². The highest BCUT2D eigenvalue weighted by Crippen LogP contribution is 2.40. The molecule has 2 N–H and O–H groups in total. The van der Waals surface area contributed by atoms with Gasteiger partial charge in [-0.1, -0.05) is 74.5 Å². The van der Waals surface area contributed by atoms with Crippen LogP contribution in [0, 0.1) is 0 Å². The van der Waals surface area contributed by atoms with Gasteiger partial charge in [-0.15, -0.1) is 0 Å². The molecule has 1 amide bonds. The van der Waals surface area contributed by atoms with Crippen molar-refractivity contribution in [3.63, 3.8) is 0 Å². The Kier molecular flexibility index (Phi) is 5.11. The Bertz CT molecular complexity index is 676. The van der Waals surface area contributed by atoms with Crippen LogP contribution in [0.5, 0.6) is 0 Å². The summed E-state index contributed by atoms with van der Waals surface area (Å²) in [4.78, 5) is 23.5. The lowest BCUT2D eigenvalue weighted by Crippen LogP contribution is -2.65. The van der Waals surface area contributed by atoms with Crippen LogP contribution < -0.4 is 15.7 Å². The smallest absolute Gasteiger partial charge is 0.258 e. The van der Waals surface area contributed by atoms with Crippen LogP contribution in [-0.4, -0.2) is 25.1 Å². The van der Waals surface area contributed by atoms with E-state index in [1.807, 2.05) is 36.4 Å². The standard InChI is InChI=1S/C21H27NO2Si/c1-21(2,16-15-17-13-14-20(23)22-17)25(24,18-9-5-3-6-10-18)19-11-7-4-8-12-19/h3-12,17,24H,13-16H2,1-2H3,(H,22,23)/t17-/m0/s1. The van der Waals surface area contributed by atoms with E-state index in [0.29, 0.717) is 6.42 Å². The molecule has 1 fully saturated rings. The molecule has 3 nitrogen and oxygen atoms in total. The lowest BCUT2D eigenvalue weighted by Gasteiger charge is -2.41. The number of benzene rings is 2. The summed E-state index contributed by atoms with van der Waals surface area (Å²) in [6.07, 6.45) is 3.33. The lowest BCUT2D eigenvalue weighted by atomic mass is 10.0. The average Bonchev–Trinajstić information content (AvgIpc) is 3.06. The second-order valence-electron chi connectivity index (χ2n) is 7.67. The van der Waals surface area contributed by atoms with Crippen molar-refractivity contribution in [2.75, 3.05) is 0 Å². The second-order valence-corrected chi connectivity index (χ2v) is 11.6. The first-order chi connectivity index (χ1) is 11.9. The van der Waals surface area contributed by atoms with Crippen LogP contribution in [-0.2, 0) is 4.79 Å². The van der Waals surface area contributed by atoms with Crippen LogP contribution in [0.15, 0.2) is 60.7 Å². The Morgan fingerprint density at radius 1 is 1.04 bits per heavy atom. The molecular weight excluding hydrogens is 326 g/mol. The Morgan fingerprint density at radius 3 is 2.00 bits per heavy atom. The summed E-state index contributed by atoms with van der Waals surface area (Å²) in [5.74, 6) is 0.154. The summed E-state index contributed by atoms with van der Waals surface area (Å²) in [6.45, 7) is 4.35. The summed E-state index contributed by atoms with van der Waals surface area (Å²) in [7, 11) is -2.93. The molecule has 3 rings (SSSR count). The first-order valence-electron chi connectivity index (χ1n) is 9.06. The van der Waals surface area contributed by atoms with Gasteiger partial charge < -0.3 is 10.1 Å². The highest BCUT2D eigenvalue weighted by molar-refractivity contribution is 6.98. The van der Waals surface area contributed by atoms with Gasteiger partial charge >= 0.3 is 0 Å². The van der Waals surface area contributed by atoms with Gasteiger partial charge in [-0.2, -0.15) is 0 Å². The molecule has 4 heteroatoms.